The van der Waals surface area contributed by atoms with Crippen LogP contribution in [-0.4, -0.2) is 329 Å². The second-order valence-corrected chi connectivity index (χ2v) is 34.2. The van der Waals surface area contributed by atoms with E-state index in [1.54, 1.807) is 25.4 Å². The predicted octanol–water partition coefficient (Wildman–Crippen LogP) is 7.00. The number of nitrogens with two attached hydrogens (primary N) is 2. The van der Waals surface area contributed by atoms with E-state index in [0.29, 0.717) is 41.7 Å². The summed E-state index contributed by atoms with van der Waals surface area (Å²) in [5, 5.41) is 38.2. The van der Waals surface area contributed by atoms with Crippen molar-refractivity contribution >= 4 is 153 Å². The molecule has 8 aliphatic rings. The zero-order valence-electron chi connectivity index (χ0n) is 84.6. The van der Waals surface area contributed by atoms with Gasteiger partial charge in [-0.05, 0) is 200 Å². The standard InChI is InChI=1S/C13H22N6.C12H20N6.C12H19N5S.2C11H18N6.2C10H16N6.C9H14N6/c1-9-7-8-11(14-9)18(5)13-16-10(2)15-12(17(3)4)19(13)6;1-8-6-7-10(13-8)18(5)12-15-9(2)14-11(16-12)17(3)4;1-9-13-11(15(2)3)17(5)12(14-9)16(4)10-6-7-18-8-10;1-7-5-6-9(12-7)15-10-13-8(2)14-11(16-10)17(3)4;1-7-5-6-9(13-7)17(4)11-15-8(2)14-10(12-3)16-11;1-6-4-5-8(12-6)16(3)10-14-7(2)13-9(11)15-10;1-6-4-5-8(12-6)15-10-14-7(2)13-9(11-3)16-10;1-5-3-4-7(11-5)14-9-13-6(2)12-8(10)15-9/h7-8,10,14H,1-6H3;6-7,9,13H,1-5H3,(H,14,15,16);6-9H,1-5H3;5-6,8,12H,1-4H3,(H2,13,14,15,16);5-6,8,13H,1-4H3,(H2,12,14,15,16);4-5,7,12H,1-3H3,(H3,11,13,14,15);4-5,7,12H,1-3H3,(H3,11,13,14,15,16);3-4,6,11H,1-2H3,(H4,10,12,13,14,15). The van der Waals surface area contributed by atoms with Crippen LogP contribution in [0.3, 0.4) is 0 Å². The Hall–Kier alpha value is -15.4. The molecule has 0 bridgehead atoms. The third-order valence-electron chi connectivity index (χ3n) is 20.2. The second-order valence-electron chi connectivity index (χ2n) is 33.4. The van der Waals surface area contributed by atoms with E-state index in [0.717, 1.165) is 140 Å². The Bertz CT molecular complexity index is 5740. The van der Waals surface area contributed by atoms with Gasteiger partial charge in [0, 0.05) is 165 Å². The van der Waals surface area contributed by atoms with Crippen LogP contribution in [0.15, 0.2) is 182 Å². The smallest absolute Gasteiger partial charge is 0.210 e. The van der Waals surface area contributed by atoms with E-state index in [4.69, 9.17) is 11.5 Å². The van der Waals surface area contributed by atoms with Crippen molar-refractivity contribution in [1.29, 1.82) is 0 Å². The maximum absolute atomic E-state index is 5.66. The van der Waals surface area contributed by atoms with Gasteiger partial charge in [0.05, 0.1) is 5.69 Å². The van der Waals surface area contributed by atoms with Crippen LogP contribution in [0, 0.1) is 48.5 Å². The highest BCUT2D eigenvalue weighted by molar-refractivity contribution is 7.08. The van der Waals surface area contributed by atoms with E-state index < -0.39 is 0 Å². The first-order valence-electron chi connectivity index (χ1n) is 44.4. The number of thiophene rings is 1. The molecule has 8 aromatic rings. The molecule has 48 heteroatoms. The van der Waals surface area contributed by atoms with Gasteiger partial charge in [-0.3, -0.25) is 51.7 Å². The number of aromatic nitrogens is 7. The Morgan fingerprint density at radius 3 is 0.993 bits per heavy atom. The molecule has 16 rings (SSSR count). The summed E-state index contributed by atoms with van der Waals surface area (Å²) >= 11 is 1.69. The molecular weight excluding hydrogens is 1750 g/mol. The molecule has 8 unspecified atom stereocenters. The number of H-pyrrole nitrogens is 7. The topological polar surface area (TPSA) is 528 Å². The SMILES string of the molecule is CC1N=C(N(C)C)N(C)C(N(C)c2ccsc2)=N1.CN=C1NC(N(C)c2ccc(C)[nH]2)=NC(C)N1.CN=C1NC(Nc2ccc(C)[nH]2)=NC(C)N1.Cc1ccc(N(C)C2=NC(C)N=C(N(C)C)N2)[nH]1.Cc1ccc(N(C)C2=NC(C)N=C(N(C)C)N2C)[nH]1.Cc1ccc(N(C)C2=NC(C)N=C(N)N2)[nH]1.Cc1ccc(NC2=NC(C)N=C(N(C)C)N2)[nH]1.Cc1ccc(NC2=NC(C)N=C(N)N2)[nH]1. The molecule has 16 heterocycles. The quantitative estimate of drug-likeness (QED) is 0.0727. The number of guanidine groups is 16. The summed E-state index contributed by atoms with van der Waals surface area (Å²) in [4.78, 5) is 114. The summed E-state index contributed by atoms with van der Waals surface area (Å²) in [5.74, 6) is 18.4. The van der Waals surface area contributed by atoms with Crippen LogP contribution in [0.25, 0.3) is 0 Å². The van der Waals surface area contributed by atoms with Crippen LogP contribution in [0.5, 0.6) is 0 Å². The molecule has 8 aromatic heterocycles. The van der Waals surface area contributed by atoms with Crippen molar-refractivity contribution in [2.24, 2.45) is 91.3 Å². The maximum Gasteiger partial charge on any atom is 0.210 e. The molecule has 0 fully saturated rings. The minimum Gasteiger partial charge on any atom is -0.370 e. The second kappa shape index (κ2) is 48.3. The van der Waals surface area contributed by atoms with Crippen molar-refractivity contribution in [3.63, 3.8) is 0 Å². The molecule has 0 aromatic carbocycles. The fraction of sp³-hybridized carbons (Fsp3) is 0.455. The monoisotopic (exact) mass is 1890 g/mol. The molecule has 22 N–H and O–H groups in total. The van der Waals surface area contributed by atoms with Crippen LogP contribution in [0.1, 0.15) is 95.2 Å². The van der Waals surface area contributed by atoms with Gasteiger partial charge in [0.15, 0.2) is 23.8 Å². The van der Waals surface area contributed by atoms with Gasteiger partial charge < -0.3 is 117 Å². The number of aliphatic imine (C=N–C) groups is 16. The van der Waals surface area contributed by atoms with Gasteiger partial charge in [-0.1, -0.05) is 0 Å². The molecule has 0 saturated heterocycles. The molecule has 0 spiro atoms. The molecule has 736 valence electrons. The van der Waals surface area contributed by atoms with Crippen molar-refractivity contribution < 1.29 is 0 Å². The number of nitrogens with zero attached hydrogens (tertiary/aromatic N) is 27. The molecular formula is C88H143N47S. The highest BCUT2D eigenvalue weighted by Crippen LogP contribution is 2.24. The number of aryl methyl sites for hydroxylation is 7. The van der Waals surface area contributed by atoms with E-state index in [1.807, 2.05) is 331 Å². The summed E-state index contributed by atoms with van der Waals surface area (Å²) in [5.41, 5.74) is 20.2. The molecule has 0 radical (unpaired) electrons. The molecule has 0 saturated carbocycles. The summed E-state index contributed by atoms with van der Waals surface area (Å²) in [7, 11) is 33.1. The number of nitrogens with one attached hydrogen (secondary N) is 18. The Morgan fingerprint density at radius 1 is 0.309 bits per heavy atom. The third kappa shape index (κ3) is 30.8. The van der Waals surface area contributed by atoms with E-state index >= 15 is 0 Å². The van der Waals surface area contributed by atoms with Crippen LogP contribution >= 0.6 is 11.3 Å². The van der Waals surface area contributed by atoms with Gasteiger partial charge in [-0.2, -0.15) is 11.3 Å². The number of anilines is 8. The third-order valence-corrected chi connectivity index (χ3v) is 20.8. The lowest BCUT2D eigenvalue weighted by Gasteiger charge is -2.35. The Kier molecular flexibility index (Phi) is 37.0. The fourth-order valence-corrected chi connectivity index (χ4v) is 14.1. The normalized spacial score (nSPS) is 20.0. The lowest BCUT2D eigenvalue weighted by atomic mass is 10.4. The fourth-order valence-electron chi connectivity index (χ4n) is 13.5. The Labute approximate surface area is 802 Å². The van der Waals surface area contributed by atoms with E-state index in [9.17, 15) is 0 Å². The minimum atomic E-state index is -0.148. The first kappa shape index (κ1) is 104. The number of hydrogen-bond acceptors (Lipinski definition) is 37. The number of hydrogen-bond donors (Lipinski definition) is 20. The minimum absolute atomic E-state index is 0.0125. The first-order chi connectivity index (χ1) is 64.4. The molecule has 47 nitrogen and oxygen atoms in total. The summed E-state index contributed by atoms with van der Waals surface area (Å²) in [6.45, 7) is 29.7. The van der Waals surface area contributed by atoms with Crippen molar-refractivity contribution in [3.05, 3.63) is 142 Å². The van der Waals surface area contributed by atoms with Crippen molar-refractivity contribution in [1.82, 2.24) is 107 Å². The van der Waals surface area contributed by atoms with Gasteiger partial charge >= 0.3 is 0 Å². The number of rotatable bonds is 8. The van der Waals surface area contributed by atoms with Crippen molar-refractivity contribution in [2.75, 3.05) is 160 Å². The predicted molar refractivity (Wildman–Crippen MR) is 566 cm³/mol. The maximum atomic E-state index is 5.66. The van der Waals surface area contributed by atoms with Gasteiger partial charge in [-0.25, -0.2) is 69.9 Å². The van der Waals surface area contributed by atoms with Crippen LogP contribution < -0.4 is 94.5 Å². The summed E-state index contributed by atoms with van der Waals surface area (Å²) < 4.78 is 0. The molecule has 8 atom stereocenters. The lowest BCUT2D eigenvalue weighted by Crippen LogP contribution is -2.54. The zero-order chi connectivity index (χ0) is 99.6. The zero-order valence-corrected chi connectivity index (χ0v) is 85.4. The van der Waals surface area contributed by atoms with Crippen molar-refractivity contribution in [2.45, 2.75) is 153 Å². The largest absolute Gasteiger partial charge is 0.370 e. The summed E-state index contributed by atoms with van der Waals surface area (Å²) in [6.07, 6.45) is -0.525. The average Bonchev–Trinajstić information content (AvgIpc) is 1.30. The van der Waals surface area contributed by atoms with Crippen LogP contribution in [0.4, 0.5) is 46.4 Å². The highest BCUT2D eigenvalue weighted by Gasteiger charge is 2.29. The van der Waals surface area contributed by atoms with E-state index in [2.05, 4.69) is 207 Å². The van der Waals surface area contributed by atoms with Gasteiger partial charge in [-0.15, -0.1) is 0 Å². The van der Waals surface area contributed by atoms with Crippen LogP contribution in [0.2, 0.25) is 0 Å². The molecule has 136 heavy (non-hydrogen) atoms. The van der Waals surface area contributed by atoms with Gasteiger partial charge in [0.1, 0.15) is 90.1 Å². The van der Waals surface area contributed by atoms with Crippen LogP contribution in [-0.2, 0) is 0 Å². The van der Waals surface area contributed by atoms with E-state index in [1.165, 1.54) is 0 Å². The molecule has 8 aliphatic heterocycles. The Morgan fingerprint density at radius 2 is 0.625 bits per heavy atom. The van der Waals surface area contributed by atoms with Gasteiger partial charge in [0.25, 0.3) is 0 Å². The summed E-state index contributed by atoms with van der Waals surface area (Å²) in [6, 6.07) is 30.2. The number of aromatic amines is 7. The Balaban J connectivity index is 0.000000174. The average molecular weight is 1890 g/mol. The first-order valence-corrected chi connectivity index (χ1v) is 45.3. The molecule has 0 amide bonds. The lowest BCUT2D eigenvalue weighted by molar-refractivity contribution is 0.499. The molecule has 0 aliphatic carbocycles. The van der Waals surface area contributed by atoms with Crippen molar-refractivity contribution in [3.8, 4) is 0 Å². The highest BCUT2D eigenvalue weighted by atomic mass is 32.1. The van der Waals surface area contributed by atoms with Gasteiger partial charge in [0.2, 0.25) is 71.5 Å². The van der Waals surface area contributed by atoms with E-state index in [-0.39, 0.29) is 49.3 Å².